The van der Waals surface area contributed by atoms with Crippen LogP contribution in [-0.4, -0.2) is 51.6 Å². The second-order valence-corrected chi connectivity index (χ2v) is 8.75. The van der Waals surface area contributed by atoms with Gasteiger partial charge in [-0.25, -0.2) is 5.01 Å². The van der Waals surface area contributed by atoms with Crippen molar-refractivity contribution in [2.75, 3.05) is 13.6 Å². The van der Waals surface area contributed by atoms with Crippen molar-refractivity contribution in [3.05, 3.63) is 71.9 Å². The van der Waals surface area contributed by atoms with Gasteiger partial charge in [0.15, 0.2) is 0 Å². The number of amides is 2. The van der Waals surface area contributed by atoms with Crippen molar-refractivity contribution in [1.29, 1.82) is 0 Å². The molecule has 2 heterocycles. The van der Waals surface area contributed by atoms with Crippen LogP contribution in [0.3, 0.4) is 0 Å². The van der Waals surface area contributed by atoms with E-state index in [4.69, 9.17) is 5.10 Å². The first-order valence-electron chi connectivity index (χ1n) is 11.4. The molecular formula is C26H28N4O2. The van der Waals surface area contributed by atoms with Crippen LogP contribution in [0.2, 0.25) is 0 Å². The van der Waals surface area contributed by atoms with Crippen LogP contribution in [0.5, 0.6) is 0 Å². The average Bonchev–Trinajstić information content (AvgIpc) is 3.15. The fraction of sp³-hybridized carbons (Fsp3) is 0.346. The van der Waals surface area contributed by atoms with Crippen LogP contribution in [-0.2, 0) is 11.3 Å². The topological polar surface area (TPSA) is 57.9 Å². The minimum Gasteiger partial charge on any atom is -0.341 e. The Morgan fingerprint density at radius 3 is 2.53 bits per heavy atom. The smallest absolute Gasteiger partial charge is 0.291 e. The summed E-state index contributed by atoms with van der Waals surface area (Å²) >= 11 is 0. The van der Waals surface area contributed by atoms with Crippen molar-refractivity contribution in [1.82, 2.24) is 14.5 Å². The van der Waals surface area contributed by atoms with Gasteiger partial charge in [0, 0.05) is 24.0 Å². The van der Waals surface area contributed by atoms with Gasteiger partial charge in [-0.2, -0.15) is 5.10 Å². The molecule has 1 saturated carbocycles. The van der Waals surface area contributed by atoms with E-state index in [-0.39, 0.29) is 24.4 Å². The molecule has 0 atom stereocenters. The van der Waals surface area contributed by atoms with E-state index in [1.807, 2.05) is 77.2 Å². The summed E-state index contributed by atoms with van der Waals surface area (Å²) in [5, 5.41) is 7.09. The number of aromatic nitrogens is 1. The van der Waals surface area contributed by atoms with Gasteiger partial charge < -0.3 is 9.47 Å². The number of benzene rings is 2. The van der Waals surface area contributed by atoms with Gasteiger partial charge in [-0.1, -0.05) is 67.8 Å². The number of carbonyl (C=O) groups excluding carboxylic acids is 2. The van der Waals surface area contributed by atoms with E-state index in [9.17, 15) is 9.59 Å². The first-order chi connectivity index (χ1) is 15.6. The number of fused-ring (bicyclic) bond motifs is 3. The molecule has 6 nitrogen and oxygen atoms in total. The summed E-state index contributed by atoms with van der Waals surface area (Å²) in [6, 6.07) is 20.0. The van der Waals surface area contributed by atoms with E-state index < -0.39 is 0 Å². The molecule has 2 amide bonds. The second-order valence-electron chi connectivity index (χ2n) is 8.75. The van der Waals surface area contributed by atoms with Crippen LogP contribution in [0, 0.1) is 0 Å². The van der Waals surface area contributed by atoms with Gasteiger partial charge in [0.2, 0.25) is 5.91 Å². The van der Waals surface area contributed by atoms with Crippen LogP contribution in [0.1, 0.15) is 48.2 Å². The largest absolute Gasteiger partial charge is 0.341 e. The van der Waals surface area contributed by atoms with E-state index in [0.717, 1.165) is 47.9 Å². The standard InChI is InChI=1S/C26H28N4O2/c1-28(21-13-6-3-7-14-21)25(31)18-30-26(32)24-16-20-12-8-9-15-23(20)29(24)17-22(27-30)19-10-4-2-5-11-19/h2,4-5,8-12,15-16,21H,3,6-7,13-14,17-18H2,1H3. The third kappa shape index (κ3) is 3.81. The number of hydrogen-bond donors (Lipinski definition) is 0. The molecule has 0 N–H and O–H groups in total. The maximum atomic E-state index is 13.5. The first kappa shape index (κ1) is 20.5. The molecule has 0 unspecified atom stereocenters. The Morgan fingerprint density at radius 1 is 1.03 bits per heavy atom. The Morgan fingerprint density at radius 2 is 1.75 bits per heavy atom. The van der Waals surface area contributed by atoms with Gasteiger partial charge in [0.05, 0.1) is 12.3 Å². The van der Waals surface area contributed by atoms with Crippen molar-refractivity contribution in [2.45, 2.75) is 44.7 Å². The number of likely N-dealkylation sites (N-methyl/N-ethyl adjacent to an activating group) is 1. The van der Waals surface area contributed by atoms with Gasteiger partial charge in [-0.15, -0.1) is 0 Å². The number of hydrazone groups is 1. The molecule has 2 aliphatic rings. The lowest BCUT2D eigenvalue weighted by molar-refractivity contribution is -0.133. The second kappa shape index (κ2) is 8.61. The summed E-state index contributed by atoms with van der Waals surface area (Å²) in [7, 11) is 1.86. The Hall–Kier alpha value is -3.41. The monoisotopic (exact) mass is 428 g/mol. The molecule has 0 saturated heterocycles. The molecule has 3 aromatic rings. The Bertz CT molecular complexity index is 1180. The van der Waals surface area contributed by atoms with E-state index >= 15 is 0 Å². The highest BCUT2D eigenvalue weighted by atomic mass is 16.2. The summed E-state index contributed by atoms with van der Waals surface area (Å²) in [6.45, 7) is 0.422. The number of carbonyl (C=O) groups is 2. The zero-order valence-electron chi connectivity index (χ0n) is 18.4. The molecule has 2 aromatic carbocycles. The van der Waals surface area contributed by atoms with E-state index in [1.54, 1.807) is 0 Å². The van der Waals surface area contributed by atoms with Gasteiger partial charge in [-0.05, 0) is 30.5 Å². The fourth-order valence-electron chi connectivity index (χ4n) is 4.86. The molecular weight excluding hydrogens is 400 g/mol. The highest BCUT2D eigenvalue weighted by Crippen LogP contribution is 2.25. The Kier molecular flexibility index (Phi) is 5.52. The van der Waals surface area contributed by atoms with Crippen molar-refractivity contribution >= 4 is 28.4 Å². The Balaban J connectivity index is 1.51. The lowest BCUT2D eigenvalue weighted by Gasteiger charge is -2.32. The lowest BCUT2D eigenvalue weighted by atomic mass is 9.94. The van der Waals surface area contributed by atoms with E-state index in [1.165, 1.54) is 11.4 Å². The summed E-state index contributed by atoms with van der Waals surface area (Å²) in [6.07, 6.45) is 5.60. The molecule has 1 fully saturated rings. The van der Waals surface area contributed by atoms with Crippen LogP contribution in [0.15, 0.2) is 65.8 Å². The molecule has 0 bridgehead atoms. The maximum absolute atomic E-state index is 13.5. The molecule has 1 aromatic heterocycles. The average molecular weight is 429 g/mol. The molecule has 0 spiro atoms. The zero-order valence-corrected chi connectivity index (χ0v) is 18.4. The number of para-hydroxylation sites is 1. The fourth-order valence-corrected chi connectivity index (χ4v) is 4.86. The molecule has 164 valence electrons. The van der Waals surface area contributed by atoms with E-state index in [2.05, 4.69) is 0 Å². The Labute approximate surface area is 188 Å². The first-order valence-corrected chi connectivity index (χ1v) is 11.4. The quantitative estimate of drug-likeness (QED) is 0.622. The summed E-state index contributed by atoms with van der Waals surface area (Å²) in [5.74, 6) is -0.302. The highest BCUT2D eigenvalue weighted by molar-refractivity contribution is 6.07. The molecule has 1 aliphatic carbocycles. The van der Waals surface area contributed by atoms with Crippen LogP contribution < -0.4 is 0 Å². The zero-order chi connectivity index (χ0) is 22.1. The normalized spacial score (nSPS) is 17.1. The van der Waals surface area contributed by atoms with Crippen molar-refractivity contribution in [3.63, 3.8) is 0 Å². The molecule has 1 aliphatic heterocycles. The minimum atomic E-state index is -0.238. The molecule has 0 radical (unpaired) electrons. The van der Waals surface area contributed by atoms with Gasteiger partial charge in [0.25, 0.3) is 5.91 Å². The van der Waals surface area contributed by atoms with Crippen LogP contribution in [0.25, 0.3) is 10.9 Å². The molecule has 6 heteroatoms. The minimum absolute atomic E-state index is 0.0519. The van der Waals surface area contributed by atoms with Gasteiger partial charge in [0.1, 0.15) is 12.2 Å². The summed E-state index contributed by atoms with van der Waals surface area (Å²) in [4.78, 5) is 28.5. The van der Waals surface area contributed by atoms with E-state index in [0.29, 0.717) is 12.2 Å². The van der Waals surface area contributed by atoms with Crippen molar-refractivity contribution in [2.24, 2.45) is 5.10 Å². The molecule has 32 heavy (non-hydrogen) atoms. The predicted molar refractivity (Wildman–Crippen MR) is 126 cm³/mol. The SMILES string of the molecule is CN(C(=O)CN1N=C(c2ccccc2)Cn2c(cc3ccccc32)C1=O)C1CCCCC1. The summed E-state index contributed by atoms with van der Waals surface area (Å²) < 4.78 is 2.01. The van der Waals surface area contributed by atoms with Gasteiger partial charge in [-0.3, -0.25) is 9.59 Å². The van der Waals surface area contributed by atoms with Crippen molar-refractivity contribution < 1.29 is 9.59 Å². The van der Waals surface area contributed by atoms with Crippen LogP contribution >= 0.6 is 0 Å². The van der Waals surface area contributed by atoms with Gasteiger partial charge >= 0.3 is 0 Å². The number of hydrogen-bond acceptors (Lipinski definition) is 3. The molecule has 5 rings (SSSR count). The predicted octanol–water partition coefficient (Wildman–Crippen LogP) is 4.29. The lowest BCUT2D eigenvalue weighted by Crippen LogP contribution is -2.44. The number of rotatable bonds is 4. The van der Waals surface area contributed by atoms with Crippen molar-refractivity contribution in [3.8, 4) is 0 Å². The number of nitrogens with zero attached hydrogens (tertiary/aromatic N) is 4. The summed E-state index contributed by atoms with van der Waals surface area (Å²) in [5.41, 5.74) is 3.28. The maximum Gasteiger partial charge on any atom is 0.291 e. The third-order valence-electron chi connectivity index (χ3n) is 6.72. The highest BCUT2D eigenvalue weighted by Gasteiger charge is 2.30. The third-order valence-corrected chi connectivity index (χ3v) is 6.72. The van der Waals surface area contributed by atoms with Crippen LogP contribution in [0.4, 0.5) is 0 Å².